The number of hydrogen-bond acceptors (Lipinski definition) is 2. The van der Waals surface area contributed by atoms with Gasteiger partial charge in [0.25, 0.3) is 0 Å². The Bertz CT molecular complexity index is 492. The first-order valence-corrected chi connectivity index (χ1v) is 9.97. The highest BCUT2D eigenvalue weighted by Gasteiger charge is 2.61. The van der Waals surface area contributed by atoms with Crippen LogP contribution in [0.3, 0.4) is 0 Å². The predicted octanol–water partition coefficient (Wildman–Crippen LogP) is 3.90. The summed E-state index contributed by atoms with van der Waals surface area (Å²) in [6.07, 6.45) is 11.0. The van der Waals surface area contributed by atoms with Crippen molar-refractivity contribution in [2.75, 3.05) is 0 Å². The van der Waals surface area contributed by atoms with E-state index in [-0.39, 0.29) is 27.9 Å². The Morgan fingerprint density at radius 1 is 1.05 bits per heavy atom. The van der Waals surface area contributed by atoms with E-state index in [0.717, 1.165) is 31.1 Å². The minimum absolute atomic E-state index is 0.108. The van der Waals surface area contributed by atoms with Crippen LogP contribution in [0.1, 0.15) is 52.4 Å². The highest BCUT2D eigenvalue weighted by molar-refractivity contribution is 9.09. The molecule has 0 aromatic rings. The molecule has 3 saturated carbocycles. The molecule has 4 rings (SSSR count). The van der Waals surface area contributed by atoms with Gasteiger partial charge in [0.2, 0.25) is 0 Å². The summed E-state index contributed by atoms with van der Waals surface area (Å²) >= 11 is 3.74. The lowest BCUT2D eigenvalue weighted by Gasteiger charge is -2.59. The fourth-order valence-corrected chi connectivity index (χ4v) is 7.74. The molecule has 0 spiro atoms. The van der Waals surface area contributed by atoms with Gasteiger partial charge in [0.05, 0.1) is 12.2 Å². The molecule has 0 aromatic carbocycles. The van der Waals surface area contributed by atoms with Crippen molar-refractivity contribution in [1.29, 1.82) is 0 Å². The van der Waals surface area contributed by atoms with Crippen LogP contribution < -0.4 is 0 Å². The highest BCUT2D eigenvalue weighted by atomic mass is 79.9. The predicted molar refractivity (Wildman–Crippen MR) is 91.7 cm³/mol. The molecule has 4 aliphatic rings. The first-order chi connectivity index (χ1) is 10.4. The molecular formula is C19H29BrO2. The molecule has 22 heavy (non-hydrogen) atoms. The van der Waals surface area contributed by atoms with Gasteiger partial charge in [-0.05, 0) is 73.0 Å². The molecule has 3 fully saturated rings. The van der Waals surface area contributed by atoms with Crippen molar-refractivity contribution in [3.05, 3.63) is 12.2 Å². The van der Waals surface area contributed by atoms with Crippen molar-refractivity contribution in [2.24, 2.45) is 34.5 Å². The molecule has 2 N–H and O–H groups in total. The third kappa shape index (κ3) is 1.97. The normalized spacial score (nSPS) is 60.5. The van der Waals surface area contributed by atoms with Crippen molar-refractivity contribution in [2.45, 2.75) is 69.4 Å². The van der Waals surface area contributed by atoms with Gasteiger partial charge in [-0.15, -0.1) is 0 Å². The van der Waals surface area contributed by atoms with E-state index >= 15 is 0 Å². The molecule has 2 nitrogen and oxygen atoms in total. The van der Waals surface area contributed by atoms with Gasteiger partial charge in [-0.25, -0.2) is 0 Å². The third-order valence-electron chi connectivity index (χ3n) is 8.10. The second kappa shape index (κ2) is 5.07. The molecule has 4 aliphatic carbocycles. The van der Waals surface area contributed by atoms with Crippen LogP contribution in [0.4, 0.5) is 0 Å². The zero-order valence-electron chi connectivity index (χ0n) is 13.7. The van der Waals surface area contributed by atoms with Gasteiger partial charge in [-0.1, -0.05) is 41.9 Å². The average molecular weight is 369 g/mol. The molecule has 0 bridgehead atoms. The van der Waals surface area contributed by atoms with E-state index in [1.54, 1.807) is 0 Å². The standard InChI is InChI=1S/C19H29BrO2/c1-18-7-5-12(21)9-11(18)3-4-13-14(18)6-8-19(2)15(13)10-16(20)17(19)22/h5,7,11-17,21-22H,3-4,6,8-10H2,1-2H3/t11?,12?,13-,14-,15+,16?,17?,18+,19+/m1/s1. The Labute approximate surface area is 142 Å². The molecule has 0 amide bonds. The Balaban J connectivity index is 1.67. The van der Waals surface area contributed by atoms with E-state index in [2.05, 4.69) is 35.9 Å². The summed E-state index contributed by atoms with van der Waals surface area (Å²) in [5, 5.41) is 20.7. The topological polar surface area (TPSA) is 40.5 Å². The fourth-order valence-electron chi connectivity index (χ4n) is 6.73. The van der Waals surface area contributed by atoms with E-state index in [1.807, 2.05) is 6.08 Å². The number of rotatable bonds is 0. The summed E-state index contributed by atoms with van der Waals surface area (Å²) in [5.74, 6) is 2.78. The molecule has 4 unspecified atom stereocenters. The van der Waals surface area contributed by atoms with Gasteiger partial charge in [0.1, 0.15) is 0 Å². The fraction of sp³-hybridized carbons (Fsp3) is 0.895. The Morgan fingerprint density at radius 2 is 1.82 bits per heavy atom. The lowest BCUT2D eigenvalue weighted by Crippen LogP contribution is -2.53. The highest BCUT2D eigenvalue weighted by Crippen LogP contribution is 2.65. The summed E-state index contributed by atoms with van der Waals surface area (Å²) in [4.78, 5) is 0.274. The molecule has 0 radical (unpaired) electrons. The average Bonchev–Trinajstić information content (AvgIpc) is 2.72. The molecule has 9 atom stereocenters. The lowest BCUT2D eigenvalue weighted by atomic mass is 9.46. The van der Waals surface area contributed by atoms with Crippen molar-refractivity contribution >= 4 is 15.9 Å². The second-order valence-electron chi connectivity index (χ2n) is 8.92. The van der Waals surface area contributed by atoms with Crippen LogP contribution in [-0.4, -0.2) is 27.2 Å². The first-order valence-electron chi connectivity index (χ1n) is 9.06. The van der Waals surface area contributed by atoms with Crippen LogP contribution in [-0.2, 0) is 0 Å². The van der Waals surface area contributed by atoms with Gasteiger partial charge in [-0.3, -0.25) is 0 Å². The maximum atomic E-state index is 10.7. The number of hydrogen-bond donors (Lipinski definition) is 2. The van der Waals surface area contributed by atoms with Gasteiger partial charge < -0.3 is 10.2 Å². The van der Waals surface area contributed by atoms with E-state index in [0.29, 0.717) is 11.8 Å². The van der Waals surface area contributed by atoms with E-state index in [4.69, 9.17) is 0 Å². The van der Waals surface area contributed by atoms with Crippen molar-refractivity contribution in [3.8, 4) is 0 Å². The minimum atomic E-state index is -0.233. The Morgan fingerprint density at radius 3 is 2.59 bits per heavy atom. The molecular weight excluding hydrogens is 340 g/mol. The van der Waals surface area contributed by atoms with Gasteiger partial charge >= 0.3 is 0 Å². The molecule has 124 valence electrons. The number of aliphatic hydroxyl groups is 2. The quantitative estimate of drug-likeness (QED) is 0.502. The van der Waals surface area contributed by atoms with Crippen molar-refractivity contribution in [3.63, 3.8) is 0 Å². The van der Waals surface area contributed by atoms with Crippen molar-refractivity contribution in [1.82, 2.24) is 0 Å². The monoisotopic (exact) mass is 368 g/mol. The number of halogens is 1. The summed E-state index contributed by atoms with van der Waals surface area (Å²) in [5.41, 5.74) is 0.370. The SMILES string of the molecule is C[C@]12C=CC(O)CC1CC[C@@H]1[C@H]2CC[C@]2(C)C(O)C(Br)C[C@@H]12. The Kier molecular flexibility index (Phi) is 3.61. The van der Waals surface area contributed by atoms with Crippen LogP contribution in [0, 0.1) is 34.5 Å². The van der Waals surface area contributed by atoms with Gasteiger partial charge in [-0.2, -0.15) is 0 Å². The lowest BCUT2D eigenvalue weighted by molar-refractivity contribution is -0.0991. The van der Waals surface area contributed by atoms with Crippen LogP contribution in [0.25, 0.3) is 0 Å². The maximum Gasteiger partial charge on any atom is 0.0724 e. The number of alkyl halides is 1. The zero-order chi connectivity index (χ0) is 15.7. The summed E-state index contributed by atoms with van der Waals surface area (Å²) in [6, 6.07) is 0. The zero-order valence-corrected chi connectivity index (χ0v) is 15.3. The van der Waals surface area contributed by atoms with E-state index < -0.39 is 0 Å². The van der Waals surface area contributed by atoms with E-state index in [1.165, 1.54) is 19.3 Å². The van der Waals surface area contributed by atoms with Crippen LogP contribution in [0.15, 0.2) is 12.2 Å². The maximum absolute atomic E-state index is 10.7. The number of allylic oxidation sites excluding steroid dienone is 1. The van der Waals surface area contributed by atoms with Gasteiger partial charge in [0, 0.05) is 4.83 Å². The number of aliphatic hydroxyl groups excluding tert-OH is 2. The molecule has 0 aliphatic heterocycles. The minimum Gasteiger partial charge on any atom is -0.391 e. The molecule has 3 heteroatoms. The third-order valence-corrected chi connectivity index (χ3v) is 8.98. The van der Waals surface area contributed by atoms with Crippen LogP contribution in [0.5, 0.6) is 0 Å². The first kappa shape index (κ1) is 15.7. The number of fused-ring (bicyclic) bond motifs is 5. The summed E-state index contributed by atoms with van der Waals surface area (Å²) in [7, 11) is 0. The van der Waals surface area contributed by atoms with Crippen LogP contribution in [0.2, 0.25) is 0 Å². The smallest absolute Gasteiger partial charge is 0.0724 e. The largest absolute Gasteiger partial charge is 0.391 e. The molecule has 0 aromatic heterocycles. The van der Waals surface area contributed by atoms with E-state index in [9.17, 15) is 10.2 Å². The van der Waals surface area contributed by atoms with Crippen molar-refractivity contribution < 1.29 is 10.2 Å². The summed E-state index contributed by atoms with van der Waals surface area (Å²) in [6.45, 7) is 4.77. The Hall–Kier alpha value is 0.140. The second-order valence-corrected chi connectivity index (χ2v) is 10.1. The summed E-state index contributed by atoms with van der Waals surface area (Å²) < 4.78 is 0. The van der Waals surface area contributed by atoms with Gasteiger partial charge in [0.15, 0.2) is 0 Å². The molecule has 0 heterocycles. The molecule has 0 saturated heterocycles. The van der Waals surface area contributed by atoms with Crippen LogP contribution >= 0.6 is 15.9 Å².